The summed E-state index contributed by atoms with van der Waals surface area (Å²) in [7, 11) is 1.38. The van der Waals surface area contributed by atoms with Gasteiger partial charge in [0.15, 0.2) is 0 Å². The molecule has 2 unspecified atom stereocenters. The van der Waals surface area contributed by atoms with Crippen molar-refractivity contribution in [3.05, 3.63) is 0 Å². The van der Waals surface area contributed by atoms with Gasteiger partial charge < -0.3 is 9.84 Å². The van der Waals surface area contributed by atoms with Gasteiger partial charge in [-0.05, 0) is 19.4 Å². The predicted octanol–water partition coefficient (Wildman–Crippen LogP) is 0.380. The zero-order valence-corrected chi connectivity index (χ0v) is 9.87. The average molecular weight is 266 g/mol. The number of alkyl halides is 1. The van der Waals surface area contributed by atoms with Gasteiger partial charge in [0.05, 0.1) is 13.7 Å². The van der Waals surface area contributed by atoms with Gasteiger partial charge in [-0.2, -0.15) is 0 Å². The largest absolute Gasteiger partial charge is 0.468 e. The van der Waals surface area contributed by atoms with E-state index < -0.39 is 0 Å². The summed E-state index contributed by atoms with van der Waals surface area (Å²) >= 11 is 3.27. The Balaban J connectivity index is 2.39. The van der Waals surface area contributed by atoms with Crippen LogP contribution in [0, 0.1) is 0 Å². The highest BCUT2D eigenvalue weighted by Gasteiger charge is 2.27. The molecule has 0 spiro atoms. The number of nitrogens with zero attached hydrogens (tertiary/aromatic N) is 1. The van der Waals surface area contributed by atoms with E-state index in [4.69, 9.17) is 5.11 Å². The van der Waals surface area contributed by atoms with Crippen LogP contribution in [0.5, 0.6) is 0 Å². The molecule has 1 saturated heterocycles. The van der Waals surface area contributed by atoms with Crippen LogP contribution >= 0.6 is 15.9 Å². The first-order valence-corrected chi connectivity index (χ1v) is 5.67. The number of halogens is 1. The van der Waals surface area contributed by atoms with Crippen molar-refractivity contribution in [1.29, 1.82) is 0 Å². The second kappa shape index (κ2) is 5.68. The fraction of sp³-hybridized carbons (Fsp3) is 0.889. The first-order chi connectivity index (χ1) is 6.69. The number of esters is 1. The fourth-order valence-corrected chi connectivity index (χ4v) is 2.31. The number of hydrogen-bond acceptors (Lipinski definition) is 4. The van der Waals surface area contributed by atoms with Crippen molar-refractivity contribution < 1.29 is 14.6 Å². The summed E-state index contributed by atoms with van der Waals surface area (Å²) in [6.07, 6.45) is 2.10. The van der Waals surface area contributed by atoms with E-state index >= 15 is 0 Å². The number of methoxy groups -OCH3 is 1. The van der Waals surface area contributed by atoms with Gasteiger partial charge in [0.1, 0.15) is 4.83 Å². The monoisotopic (exact) mass is 265 g/mol. The third-order valence-electron chi connectivity index (χ3n) is 2.56. The molecule has 1 aliphatic rings. The standard InChI is InChI=1S/C9H16BrNO3/c1-14-9(13)8(10)5-11-4-2-3-7(11)6-12/h7-8,12H,2-6H2,1H3. The molecule has 5 heteroatoms. The molecule has 0 aromatic heterocycles. The van der Waals surface area contributed by atoms with Gasteiger partial charge in [0, 0.05) is 12.6 Å². The molecule has 1 fully saturated rings. The van der Waals surface area contributed by atoms with E-state index in [0.29, 0.717) is 6.54 Å². The van der Waals surface area contributed by atoms with E-state index in [0.717, 1.165) is 19.4 Å². The van der Waals surface area contributed by atoms with E-state index in [1.807, 2.05) is 0 Å². The van der Waals surface area contributed by atoms with Crippen molar-refractivity contribution in [3.63, 3.8) is 0 Å². The van der Waals surface area contributed by atoms with E-state index in [2.05, 4.69) is 25.6 Å². The fourth-order valence-electron chi connectivity index (χ4n) is 1.75. The molecule has 0 aliphatic carbocycles. The van der Waals surface area contributed by atoms with Gasteiger partial charge in [-0.25, -0.2) is 0 Å². The summed E-state index contributed by atoms with van der Waals surface area (Å²) in [5, 5.41) is 9.07. The molecule has 0 saturated carbocycles. The van der Waals surface area contributed by atoms with Crippen LogP contribution in [0.25, 0.3) is 0 Å². The van der Waals surface area contributed by atoms with Gasteiger partial charge in [-0.15, -0.1) is 0 Å². The molecule has 2 atom stereocenters. The maximum atomic E-state index is 11.1. The molecule has 4 nitrogen and oxygen atoms in total. The minimum Gasteiger partial charge on any atom is -0.468 e. The van der Waals surface area contributed by atoms with Crippen molar-refractivity contribution in [2.45, 2.75) is 23.7 Å². The van der Waals surface area contributed by atoms with E-state index in [-0.39, 0.29) is 23.4 Å². The Morgan fingerprint density at radius 2 is 2.50 bits per heavy atom. The van der Waals surface area contributed by atoms with Gasteiger partial charge in [-0.3, -0.25) is 9.69 Å². The summed E-state index contributed by atoms with van der Waals surface area (Å²) in [4.78, 5) is 13.0. The lowest BCUT2D eigenvalue weighted by atomic mass is 10.2. The third kappa shape index (κ3) is 2.93. The zero-order valence-electron chi connectivity index (χ0n) is 8.28. The molecule has 82 valence electrons. The number of ether oxygens (including phenoxy) is 1. The highest BCUT2D eigenvalue weighted by molar-refractivity contribution is 9.10. The second-order valence-corrected chi connectivity index (χ2v) is 4.57. The van der Waals surface area contributed by atoms with Gasteiger partial charge >= 0.3 is 5.97 Å². The number of carbonyl (C=O) groups excluding carboxylic acids is 1. The second-order valence-electron chi connectivity index (χ2n) is 3.46. The Morgan fingerprint density at radius 3 is 3.07 bits per heavy atom. The smallest absolute Gasteiger partial charge is 0.320 e. The summed E-state index contributed by atoms with van der Waals surface area (Å²) in [6, 6.07) is 0.208. The molecule has 1 aliphatic heterocycles. The van der Waals surface area contributed by atoms with Crippen molar-refractivity contribution in [1.82, 2.24) is 4.90 Å². The number of likely N-dealkylation sites (tertiary alicyclic amines) is 1. The summed E-state index contributed by atoms with van der Waals surface area (Å²) in [6.45, 7) is 1.73. The van der Waals surface area contributed by atoms with Crippen LogP contribution in [-0.4, -0.2) is 53.7 Å². The summed E-state index contributed by atoms with van der Waals surface area (Å²) in [5.41, 5.74) is 0. The Morgan fingerprint density at radius 1 is 1.79 bits per heavy atom. The normalized spacial score (nSPS) is 24.9. The predicted molar refractivity (Wildman–Crippen MR) is 56.4 cm³/mol. The van der Waals surface area contributed by atoms with E-state index in [1.54, 1.807) is 0 Å². The molecule has 14 heavy (non-hydrogen) atoms. The lowest BCUT2D eigenvalue weighted by molar-refractivity contribution is -0.140. The van der Waals surface area contributed by atoms with Crippen LogP contribution in [0.15, 0.2) is 0 Å². The maximum absolute atomic E-state index is 11.1. The van der Waals surface area contributed by atoms with Gasteiger partial charge in [-0.1, -0.05) is 15.9 Å². The minimum atomic E-state index is -0.292. The maximum Gasteiger partial charge on any atom is 0.320 e. The molecule has 0 bridgehead atoms. The molecule has 0 radical (unpaired) electrons. The third-order valence-corrected chi connectivity index (χ3v) is 3.22. The topological polar surface area (TPSA) is 49.8 Å². The molecule has 1 N–H and O–H groups in total. The number of carbonyl (C=O) groups is 1. The quantitative estimate of drug-likeness (QED) is 0.590. The lowest BCUT2D eigenvalue weighted by Crippen LogP contribution is -2.39. The molecule has 1 rings (SSSR count). The molecular formula is C9H16BrNO3. The van der Waals surface area contributed by atoms with Gasteiger partial charge in [0.2, 0.25) is 0 Å². The number of aliphatic hydroxyl groups is 1. The van der Waals surface area contributed by atoms with Gasteiger partial charge in [0.25, 0.3) is 0 Å². The Hall–Kier alpha value is -0.130. The molecule has 1 heterocycles. The van der Waals surface area contributed by atoms with E-state index in [1.165, 1.54) is 7.11 Å². The molecular weight excluding hydrogens is 250 g/mol. The van der Waals surface area contributed by atoms with Crippen LogP contribution in [0.4, 0.5) is 0 Å². The molecule has 0 aromatic rings. The van der Waals surface area contributed by atoms with Crippen molar-refractivity contribution >= 4 is 21.9 Å². The SMILES string of the molecule is COC(=O)C(Br)CN1CCCC1CO. The number of rotatable bonds is 4. The summed E-state index contributed by atoms with van der Waals surface area (Å²) in [5.74, 6) is -0.256. The first kappa shape index (κ1) is 11.9. The first-order valence-electron chi connectivity index (χ1n) is 4.76. The van der Waals surface area contributed by atoms with Crippen LogP contribution in [0.2, 0.25) is 0 Å². The molecule has 0 aromatic carbocycles. The number of hydrogen-bond donors (Lipinski definition) is 1. The Labute approximate surface area is 92.3 Å². The zero-order chi connectivity index (χ0) is 10.6. The van der Waals surface area contributed by atoms with Crippen molar-refractivity contribution in [2.24, 2.45) is 0 Å². The van der Waals surface area contributed by atoms with Crippen LogP contribution in [-0.2, 0) is 9.53 Å². The molecule has 0 amide bonds. The van der Waals surface area contributed by atoms with Crippen molar-refractivity contribution in [3.8, 4) is 0 Å². The average Bonchev–Trinajstić information content (AvgIpc) is 2.63. The minimum absolute atomic E-state index is 0.168. The Bertz CT molecular complexity index is 200. The summed E-state index contributed by atoms with van der Waals surface area (Å²) < 4.78 is 4.62. The highest BCUT2D eigenvalue weighted by Crippen LogP contribution is 2.18. The Kier molecular flexibility index (Phi) is 4.84. The van der Waals surface area contributed by atoms with Crippen LogP contribution in [0.3, 0.4) is 0 Å². The lowest BCUT2D eigenvalue weighted by Gasteiger charge is -2.24. The van der Waals surface area contributed by atoms with E-state index in [9.17, 15) is 4.79 Å². The van der Waals surface area contributed by atoms with Crippen molar-refractivity contribution in [2.75, 3.05) is 26.8 Å². The number of aliphatic hydroxyl groups excluding tert-OH is 1. The van der Waals surface area contributed by atoms with Crippen LogP contribution < -0.4 is 0 Å². The van der Waals surface area contributed by atoms with Crippen LogP contribution in [0.1, 0.15) is 12.8 Å². The highest BCUT2D eigenvalue weighted by atomic mass is 79.9.